The largest absolute Gasteiger partial charge is 1.00 e. The van der Waals surface area contributed by atoms with Crippen LogP contribution < -0.4 is 34.3 Å². The number of allylic oxidation sites excluding steroid dienone is 1. The molecule has 0 bridgehead atoms. The number of rotatable bonds is 10. The molecule has 0 aromatic heterocycles. The third-order valence-corrected chi connectivity index (χ3v) is 5.26. The van der Waals surface area contributed by atoms with E-state index < -0.39 is 80.2 Å². The topological polar surface area (TPSA) is 66.4 Å². The summed E-state index contributed by atoms with van der Waals surface area (Å²) >= 11 is 0. The van der Waals surface area contributed by atoms with E-state index in [9.17, 15) is 96.4 Å². The molecule has 0 fully saturated rings. The fraction of sp³-hybridized carbons (Fsp3) is 0.500. The second-order valence-electron chi connectivity index (χ2n) is 7.12. The van der Waals surface area contributed by atoms with Crippen molar-refractivity contribution in [1.29, 1.82) is 0 Å². The zero-order valence-corrected chi connectivity index (χ0v) is 21.3. The molecule has 0 aliphatic carbocycles. The summed E-state index contributed by atoms with van der Waals surface area (Å²) in [5.41, 5.74) is 0. The Morgan fingerprint density at radius 3 is 1.27 bits per heavy atom. The van der Waals surface area contributed by atoms with Crippen molar-refractivity contribution < 1.29 is 131 Å². The number of alkyl halides is 17. The van der Waals surface area contributed by atoms with Crippen LogP contribution in [0.25, 0.3) is 0 Å². The Labute approximate surface area is 235 Å². The summed E-state index contributed by atoms with van der Waals surface area (Å²) in [5, 5.41) is 0. The molecular weight excluding hydrogens is 672 g/mol. The monoisotopic (exact) mass is 676 g/mol. The van der Waals surface area contributed by atoms with Gasteiger partial charge in [-0.2, -0.15) is 79.0 Å². The van der Waals surface area contributed by atoms with Crippen LogP contribution in [0, 0.1) is 0 Å². The number of ether oxygens (including phenoxy) is 1. The van der Waals surface area contributed by atoms with Gasteiger partial charge in [0.1, 0.15) is 15.9 Å². The van der Waals surface area contributed by atoms with Gasteiger partial charge >= 0.3 is 77.4 Å². The Balaban J connectivity index is 0.0000160. The van der Waals surface area contributed by atoms with E-state index in [0.29, 0.717) is 0 Å². The van der Waals surface area contributed by atoms with Crippen molar-refractivity contribution in [2.45, 2.75) is 52.7 Å². The maximum Gasteiger partial charge on any atom is 1.00 e. The zero-order valence-electron chi connectivity index (χ0n) is 18.5. The smallest absolute Gasteiger partial charge is 0.744 e. The zero-order chi connectivity index (χ0) is 32.3. The van der Waals surface area contributed by atoms with Crippen LogP contribution in [0.1, 0.15) is 0 Å². The summed E-state index contributed by atoms with van der Waals surface area (Å²) in [6, 6.07) is 0.143. The second kappa shape index (κ2) is 11.1. The normalized spacial score (nSPS) is 15.7. The Kier molecular flexibility index (Phi) is 10.7. The predicted molar refractivity (Wildman–Crippen MR) is 85.0 cm³/mol. The Morgan fingerprint density at radius 1 is 0.585 bits per heavy atom. The fourth-order valence-electron chi connectivity index (χ4n) is 2.24. The first-order valence-corrected chi connectivity index (χ1v) is 10.2. The van der Waals surface area contributed by atoms with E-state index in [0.717, 1.165) is 0 Å². The molecule has 1 rings (SSSR count). The summed E-state index contributed by atoms with van der Waals surface area (Å²) in [5.74, 6) is -63.2. The molecule has 0 saturated heterocycles. The standard InChI is InChI=1S/C16H5F19O4S.Na/c17-7(8(18)10(21,22)39-5-1-3-6(4-2-5)40(36,37)38)9(19,20)11(23,24)12(25,26)13(27,28)14(29,30)15(31,32)16(33,34)35;/h1-4H,(H,36,37,38);/q;+1/p-1/b8-7+;. The van der Waals surface area contributed by atoms with E-state index in [1.54, 1.807) is 0 Å². The number of halogens is 19. The van der Waals surface area contributed by atoms with Crippen molar-refractivity contribution in [3.63, 3.8) is 0 Å². The first kappa shape index (κ1) is 39.3. The molecule has 4 nitrogen and oxygen atoms in total. The molecule has 0 aliphatic heterocycles. The number of hydrogen-bond acceptors (Lipinski definition) is 4. The van der Waals surface area contributed by atoms with Crippen LogP contribution in [0.4, 0.5) is 83.4 Å². The summed E-state index contributed by atoms with van der Waals surface area (Å²) in [4.78, 5) is -1.23. The molecule has 0 spiro atoms. The van der Waals surface area contributed by atoms with Crippen LogP contribution in [0.2, 0.25) is 0 Å². The molecule has 25 heteroatoms. The van der Waals surface area contributed by atoms with Gasteiger partial charge in [0.15, 0.2) is 0 Å². The molecule has 1 aromatic carbocycles. The second-order valence-corrected chi connectivity index (χ2v) is 8.50. The fourth-order valence-corrected chi connectivity index (χ4v) is 2.71. The minimum atomic E-state index is -8.88. The average molecular weight is 676 g/mol. The molecule has 0 aliphatic rings. The third kappa shape index (κ3) is 6.34. The van der Waals surface area contributed by atoms with Gasteiger partial charge in [-0.1, -0.05) is 0 Å². The van der Waals surface area contributed by atoms with E-state index in [-0.39, 0.29) is 53.8 Å². The first-order chi connectivity index (χ1) is 17.2. The van der Waals surface area contributed by atoms with Crippen molar-refractivity contribution in [3.05, 3.63) is 35.9 Å². The maximum atomic E-state index is 13.7. The molecule has 0 atom stereocenters. The van der Waals surface area contributed by atoms with Crippen molar-refractivity contribution in [3.8, 4) is 5.75 Å². The molecule has 0 unspecified atom stereocenters. The molecule has 1 aromatic rings. The van der Waals surface area contributed by atoms with Crippen LogP contribution in [-0.2, 0) is 10.1 Å². The summed E-state index contributed by atoms with van der Waals surface area (Å²) in [6.07, 6.45) is -14.3. The minimum absolute atomic E-state index is 0. The summed E-state index contributed by atoms with van der Waals surface area (Å²) in [7, 11) is -5.30. The third-order valence-electron chi connectivity index (χ3n) is 4.41. The molecule has 0 N–H and O–H groups in total. The first-order valence-electron chi connectivity index (χ1n) is 8.77. The molecular formula is C16H4F19NaO4S. The number of hydrogen-bond donors (Lipinski definition) is 0. The van der Waals surface area contributed by atoms with Gasteiger partial charge in [0.25, 0.3) is 0 Å². The van der Waals surface area contributed by atoms with Gasteiger partial charge in [0.05, 0.1) is 4.90 Å². The number of benzene rings is 1. The molecule has 232 valence electrons. The molecule has 0 amide bonds. The molecule has 0 saturated carbocycles. The van der Waals surface area contributed by atoms with Crippen LogP contribution in [0.3, 0.4) is 0 Å². The van der Waals surface area contributed by atoms with Crippen molar-refractivity contribution in [1.82, 2.24) is 0 Å². The van der Waals surface area contributed by atoms with Crippen molar-refractivity contribution >= 4 is 10.1 Å². The SMILES string of the molecule is O=S(=O)([O-])c1ccc(OC(F)(F)/C(F)=C(\F)C(F)(F)C(F)(F)C(F)(F)C(F)(F)C(F)(F)C(F)(F)C(F)(F)F)cc1.[Na+]. The van der Waals surface area contributed by atoms with E-state index in [2.05, 4.69) is 4.74 Å². The van der Waals surface area contributed by atoms with Gasteiger partial charge in [-0.05, 0) is 24.3 Å². The Hall–Kier alpha value is -1.66. The average Bonchev–Trinajstić information content (AvgIpc) is 2.75. The molecule has 0 heterocycles. The van der Waals surface area contributed by atoms with Gasteiger partial charge < -0.3 is 9.29 Å². The van der Waals surface area contributed by atoms with Gasteiger partial charge in [0.2, 0.25) is 11.7 Å². The van der Waals surface area contributed by atoms with Gasteiger partial charge in [-0.25, -0.2) is 12.8 Å². The predicted octanol–water partition coefficient (Wildman–Crippen LogP) is 4.09. The van der Waals surface area contributed by atoms with Crippen LogP contribution >= 0.6 is 0 Å². The quantitative estimate of drug-likeness (QED) is 0.213. The van der Waals surface area contributed by atoms with Crippen LogP contribution in [0.5, 0.6) is 5.75 Å². The Bertz CT molecular complexity index is 1240. The summed E-state index contributed by atoms with van der Waals surface area (Å²) < 4.78 is 286. The van der Waals surface area contributed by atoms with Gasteiger partial charge in [-0.3, -0.25) is 0 Å². The van der Waals surface area contributed by atoms with E-state index in [4.69, 9.17) is 0 Å². The van der Waals surface area contributed by atoms with Gasteiger partial charge in [-0.15, -0.1) is 0 Å². The van der Waals surface area contributed by atoms with Crippen molar-refractivity contribution in [2.24, 2.45) is 0 Å². The minimum Gasteiger partial charge on any atom is -0.744 e. The summed E-state index contributed by atoms with van der Waals surface area (Å²) in [6.45, 7) is 0. The molecule has 0 radical (unpaired) electrons. The van der Waals surface area contributed by atoms with E-state index >= 15 is 0 Å². The Morgan fingerprint density at radius 2 is 0.927 bits per heavy atom. The van der Waals surface area contributed by atoms with E-state index in [1.807, 2.05) is 0 Å². The van der Waals surface area contributed by atoms with Crippen molar-refractivity contribution in [2.75, 3.05) is 0 Å². The maximum absolute atomic E-state index is 13.7. The van der Waals surface area contributed by atoms with Crippen LogP contribution in [-0.4, -0.2) is 60.8 Å². The molecule has 41 heavy (non-hydrogen) atoms. The van der Waals surface area contributed by atoms with E-state index in [1.165, 1.54) is 0 Å². The van der Waals surface area contributed by atoms with Gasteiger partial charge in [0, 0.05) is 0 Å². The van der Waals surface area contributed by atoms with Crippen LogP contribution in [0.15, 0.2) is 40.8 Å².